The Morgan fingerprint density at radius 3 is 3.22 bits per heavy atom. The first-order chi connectivity index (χ1) is 4.36. The SMILES string of the molecule is CC1=NC2CCCC2O1. The lowest BCUT2D eigenvalue weighted by atomic mass is 10.2. The van der Waals surface area contributed by atoms with Gasteiger partial charge >= 0.3 is 0 Å². The molecule has 2 nitrogen and oxygen atoms in total. The van der Waals surface area contributed by atoms with E-state index in [-0.39, 0.29) is 0 Å². The van der Waals surface area contributed by atoms with Gasteiger partial charge in [0.25, 0.3) is 0 Å². The van der Waals surface area contributed by atoms with Gasteiger partial charge in [-0.15, -0.1) is 0 Å². The van der Waals surface area contributed by atoms with Crippen molar-refractivity contribution in [3.63, 3.8) is 0 Å². The molecule has 0 bridgehead atoms. The predicted molar refractivity (Wildman–Crippen MR) is 35.6 cm³/mol. The zero-order chi connectivity index (χ0) is 6.27. The zero-order valence-corrected chi connectivity index (χ0v) is 5.63. The van der Waals surface area contributed by atoms with E-state index in [9.17, 15) is 0 Å². The maximum Gasteiger partial charge on any atom is 0.180 e. The Morgan fingerprint density at radius 1 is 1.56 bits per heavy atom. The van der Waals surface area contributed by atoms with Crippen LogP contribution in [0.15, 0.2) is 4.99 Å². The molecule has 2 heteroatoms. The van der Waals surface area contributed by atoms with Crippen LogP contribution < -0.4 is 0 Å². The number of hydrogen-bond donors (Lipinski definition) is 0. The highest BCUT2D eigenvalue weighted by Gasteiger charge is 2.33. The number of aliphatic imine (C=N–C) groups is 1. The summed E-state index contributed by atoms with van der Waals surface area (Å²) in [6, 6.07) is 0.519. The minimum atomic E-state index is 0.449. The molecule has 0 aromatic rings. The molecule has 0 amide bonds. The summed E-state index contributed by atoms with van der Waals surface area (Å²) in [4.78, 5) is 4.34. The van der Waals surface area contributed by atoms with Crippen LogP contribution in [0.4, 0.5) is 0 Å². The molecule has 0 radical (unpaired) electrons. The molecule has 2 atom stereocenters. The molecule has 1 aliphatic carbocycles. The number of rotatable bonds is 0. The standard InChI is InChI=1S/C7H11NO/c1-5-8-6-3-2-4-7(6)9-5/h6-7H,2-4H2,1H3. The van der Waals surface area contributed by atoms with Gasteiger partial charge in [0, 0.05) is 6.92 Å². The van der Waals surface area contributed by atoms with E-state index in [1.165, 1.54) is 19.3 Å². The molecule has 0 N–H and O–H groups in total. The van der Waals surface area contributed by atoms with Gasteiger partial charge in [-0.3, -0.25) is 0 Å². The Morgan fingerprint density at radius 2 is 2.44 bits per heavy atom. The van der Waals surface area contributed by atoms with Crippen molar-refractivity contribution < 1.29 is 4.74 Å². The smallest absolute Gasteiger partial charge is 0.180 e. The van der Waals surface area contributed by atoms with Gasteiger partial charge in [-0.1, -0.05) is 0 Å². The lowest BCUT2D eigenvalue weighted by Crippen LogP contribution is -2.13. The first-order valence-corrected chi connectivity index (χ1v) is 3.57. The second-order valence-electron chi connectivity index (χ2n) is 2.80. The Balaban J connectivity index is 2.13. The van der Waals surface area contributed by atoms with Crippen molar-refractivity contribution in [2.24, 2.45) is 4.99 Å². The van der Waals surface area contributed by atoms with Gasteiger partial charge in [-0.2, -0.15) is 0 Å². The van der Waals surface area contributed by atoms with E-state index in [2.05, 4.69) is 4.99 Å². The van der Waals surface area contributed by atoms with Crippen molar-refractivity contribution in [3.05, 3.63) is 0 Å². The van der Waals surface area contributed by atoms with Crippen LogP contribution in [0, 0.1) is 0 Å². The lowest BCUT2D eigenvalue weighted by Gasteiger charge is -2.05. The summed E-state index contributed by atoms with van der Waals surface area (Å²) in [7, 11) is 0. The first kappa shape index (κ1) is 5.27. The quantitative estimate of drug-likeness (QED) is 0.479. The van der Waals surface area contributed by atoms with Gasteiger partial charge in [0.2, 0.25) is 0 Å². The van der Waals surface area contributed by atoms with E-state index < -0.39 is 0 Å². The van der Waals surface area contributed by atoms with Crippen molar-refractivity contribution in [3.8, 4) is 0 Å². The molecule has 1 fully saturated rings. The second kappa shape index (κ2) is 1.72. The van der Waals surface area contributed by atoms with Gasteiger partial charge in [-0.25, -0.2) is 4.99 Å². The van der Waals surface area contributed by atoms with Crippen molar-refractivity contribution in [2.45, 2.75) is 38.3 Å². The molecule has 0 spiro atoms. The van der Waals surface area contributed by atoms with Gasteiger partial charge in [0.05, 0.1) is 6.04 Å². The molecular formula is C7H11NO. The fourth-order valence-corrected chi connectivity index (χ4v) is 1.67. The highest BCUT2D eigenvalue weighted by Crippen LogP contribution is 2.29. The van der Waals surface area contributed by atoms with Crippen molar-refractivity contribution >= 4 is 5.90 Å². The van der Waals surface area contributed by atoms with Gasteiger partial charge in [0.1, 0.15) is 6.10 Å². The molecule has 2 aliphatic rings. The Hall–Kier alpha value is -0.530. The van der Waals surface area contributed by atoms with Crippen LogP contribution in [-0.2, 0) is 4.74 Å². The van der Waals surface area contributed by atoms with E-state index in [4.69, 9.17) is 4.74 Å². The third-order valence-corrected chi connectivity index (χ3v) is 2.09. The molecule has 1 heterocycles. The van der Waals surface area contributed by atoms with Crippen LogP contribution in [0.1, 0.15) is 26.2 Å². The topological polar surface area (TPSA) is 21.6 Å². The molecule has 0 saturated heterocycles. The van der Waals surface area contributed by atoms with E-state index in [1.54, 1.807) is 0 Å². The minimum Gasteiger partial charge on any atom is -0.476 e. The van der Waals surface area contributed by atoms with Gasteiger partial charge < -0.3 is 4.74 Å². The molecule has 2 unspecified atom stereocenters. The monoisotopic (exact) mass is 125 g/mol. The van der Waals surface area contributed by atoms with Crippen LogP contribution in [0.5, 0.6) is 0 Å². The van der Waals surface area contributed by atoms with Crippen LogP contribution in [0.25, 0.3) is 0 Å². The predicted octanol–water partition coefficient (Wildman–Crippen LogP) is 1.36. The van der Waals surface area contributed by atoms with Crippen molar-refractivity contribution in [1.82, 2.24) is 0 Å². The number of fused-ring (bicyclic) bond motifs is 1. The molecule has 9 heavy (non-hydrogen) atoms. The molecule has 1 aliphatic heterocycles. The summed E-state index contributed by atoms with van der Waals surface area (Å²) < 4.78 is 5.44. The van der Waals surface area contributed by atoms with E-state index in [0.29, 0.717) is 12.1 Å². The van der Waals surface area contributed by atoms with Gasteiger partial charge in [0.15, 0.2) is 5.90 Å². The van der Waals surface area contributed by atoms with E-state index in [1.807, 2.05) is 6.92 Å². The van der Waals surface area contributed by atoms with Crippen molar-refractivity contribution in [2.75, 3.05) is 0 Å². The van der Waals surface area contributed by atoms with E-state index in [0.717, 1.165) is 5.90 Å². The average Bonchev–Trinajstić information content (AvgIpc) is 2.22. The summed E-state index contributed by atoms with van der Waals surface area (Å²) >= 11 is 0. The lowest BCUT2D eigenvalue weighted by molar-refractivity contribution is 0.209. The largest absolute Gasteiger partial charge is 0.476 e. The molecular weight excluding hydrogens is 114 g/mol. The third kappa shape index (κ3) is 0.732. The summed E-state index contributed by atoms with van der Waals surface area (Å²) in [6.45, 7) is 1.94. The maximum atomic E-state index is 5.44. The average molecular weight is 125 g/mol. The molecule has 1 saturated carbocycles. The number of nitrogens with zero attached hydrogens (tertiary/aromatic N) is 1. The first-order valence-electron chi connectivity index (χ1n) is 3.57. The Labute approximate surface area is 54.9 Å². The fraction of sp³-hybridized carbons (Fsp3) is 0.857. The van der Waals surface area contributed by atoms with Crippen molar-refractivity contribution in [1.29, 1.82) is 0 Å². The number of ether oxygens (including phenoxy) is 1. The highest BCUT2D eigenvalue weighted by atomic mass is 16.5. The van der Waals surface area contributed by atoms with Crippen LogP contribution in [0.2, 0.25) is 0 Å². The molecule has 0 aromatic carbocycles. The third-order valence-electron chi connectivity index (χ3n) is 2.09. The molecule has 50 valence electrons. The Bertz CT molecular complexity index is 153. The fourth-order valence-electron chi connectivity index (χ4n) is 1.67. The summed E-state index contributed by atoms with van der Waals surface area (Å²) in [5, 5.41) is 0. The second-order valence-corrected chi connectivity index (χ2v) is 2.80. The van der Waals surface area contributed by atoms with Gasteiger partial charge in [-0.05, 0) is 19.3 Å². The van der Waals surface area contributed by atoms with Crippen LogP contribution in [-0.4, -0.2) is 18.0 Å². The molecule has 2 rings (SSSR count). The van der Waals surface area contributed by atoms with E-state index >= 15 is 0 Å². The summed E-state index contributed by atoms with van der Waals surface area (Å²) in [5.74, 6) is 0.893. The summed E-state index contributed by atoms with van der Waals surface area (Å²) in [5.41, 5.74) is 0. The Kier molecular flexibility index (Phi) is 1.01. The van der Waals surface area contributed by atoms with Crippen LogP contribution >= 0.6 is 0 Å². The maximum absolute atomic E-state index is 5.44. The molecule has 0 aromatic heterocycles. The summed E-state index contributed by atoms with van der Waals surface area (Å²) in [6.07, 6.45) is 4.20. The minimum absolute atomic E-state index is 0.449. The van der Waals surface area contributed by atoms with Crippen LogP contribution in [0.3, 0.4) is 0 Å². The highest BCUT2D eigenvalue weighted by molar-refractivity contribution is 5.75. The normalized spacial score (nSPS) is 39.9. The number of hydrogen-bond acceptors (Lipinski definition) is 2. The zero-order valence-electron chi connectivity index (χ0n) is 5.63.